The van der Waals surface area contributed by atoms with E-state index in [1.165, 1.54) is 0 Å². The summed E-state index contributed by atoms with van der Waals surface area (Å²) in [6.45, 7) is 0. The van der Waals surface area contributed by atoms with E-state index in [0.717, 1.165) is 11.1 Å². The van der Waals surface area contributed by atoms with E-state index in [9.17, 15) is 4.79 Å². The van der Waals surface area contributed by atoms with Crippen molar-refractivity contribution in [2.75, 3.05) is 0 Å². The van der Waals surface area contributed by atoms with E-state index in [0.29, 0.717) is 22.8 Å². The number of hydrogen-bond acceptors (Lipinski definition) is 2. The van der Waals surface area contributed by atoms with E-state index in [4.69, 9.17) is 16.3 Å². The predicted octanol–water partition coefficient (Wildman–Crippen LogP) is 4.41. The Balaban J connectivity index is 1.84. The summed E-state index contributed by atoms with van der Waals surface area (Å²) in [6.07, 6.45) is 4.12. The minimum atomic E-state index is -0.294. The highest BCUT2D eigenvalue weighted by Crippen LogP contribution is 2.25. The molecule has 104 valence electrons. The first kappa shape index (κ1) is 13.7. The Morgan fingerprint density at radius 1 is 1.00 bits per heavy atom. The van der Waals surface area contributed by atoms with Crippen LogP contribution in [-0.2, 0) is 16.0 Å². The first-order valence-electron chi connectivity index (χ1n) is 6.65. The standard InChI is InChI=1S/C18H13ClO2/c19-17-9-5-4-8-14(17)11-16-12-15(18(20)21-16)10-13-6-2-1-3-7-13/h1-9,11-12H,10H2/b16-11-. The van der Waals surface area contributed by atoms with Crippen LogP contribution >= 0.6 is 11.6 Å². The third-order valence-electron chi connectivity index (χ3n) is 3.23. The van der Waals surface area contributed by atoms with Crippen molar-refractivity contribution in [3.05, 3.63) is 88.2 Å². The van der Waals surface area contributed by atoms with Gasteiger partial charge in [-0.05, 0) is 29.3 Å². The molecule has 0 radical (unpaired) electrons. The van der Waals surface area contributed by atoms with Crippen LogP contribution in [0.1, 0.15) is 11.1 Å². The van der Waals surface area contributed by atoms with Gasteiger partial charge in [0.05, 0.1) is 0 Å². The van der Waals surface area contributed by atoms with Gasteiger partial charge in [0.25, 0.3) is 0 Å². The van der Waals surface area contributed by atoms with Gasteiger partial charge < -0.3 is 4.74 Å². The topological polar surface area (TPSA) is 26.3 Å². The van der Waals surface area contributed by atoms with Crippen LogP contribution in [0.4, 0.5) is 0 Å². The number of rotatable bonds is 3. The van der Waals surface area contributed by atoms with Gasteiger partial charge in [-0.3, -0.25) is 0 Å². The zero-order chi connectivity index (χ0) is 14.7. The summed E-state index contributed by atoms with van der Waals surface area (Å²) in [7, 11) is 0. The van der Waals surface area contributed by atoms with Gasteiger partial charge in [0.2, 0.25) is 0 Å². The van der Waals surface area contributed by atoms with E-state index >= 15 is 0 Å². The summed E-state index contributed by atoms with van der Waals surface area (Å²) in [6, 6.07) is 17.3. The Bertz CT molecular complexity index is 730. The van der Waals surface area contributed by atoms with Crippen molar-refractivity contribution in [1.82, 2.24) is 0 Å². The first-order valence-corrected chi connectivity index (χ1v) is 7.03. The summed E-state index contributed by atoms with van der Waals surface area (Å²) in [5.41, 5.74) is 2.57. The molecule has 3 rings (SSSR count). The maximum atomic E-state index is 11.9. The lowest BCUT2D eigenvalue weighted by Crippen LogP contribution is -2.01. The van der Waals surface area contributed by atoms with Gasteiger partial charge in [0.1, 0.15) is 5.76 Å². The van der Waals surface area contributed by atoms with Crippen LogP contribution in [0.25, 0.3) is 6.08 Å². The average molecular weight is 297 g/mol. The molecular weight excluding hydrogens is 284 g/mol. The average Bonchev–Trinajstić information content (AvgIpc) is 2.82. The smallest absolute Gasteiger partial charge is 0.339 e. The van der Waals surface area contributed by atoms with Gasteiger partial charge in [-0.25, -0.2) is 4.79 Å². The van der Waals surface area contributed by atoms with Crippen molar-refractivity contribution in [3.8, 4) is 0 Å². The fourth-order valence-electron chi connectivity index (χ4n) is 2.19. The number of cyclic esters (lactones) is 1. The number of carbonyl (C=O) groups excluding carboxylic acids is 1. The maximum absolute atomic E-state index is 11.9. The Hall–Kier alpha value is -2.32. The van der Waals surface area contributed by atoms with E-state index < -0.39 is 0 Å². The molecule has 0 saturated carbocycles. The lowest BCUT2D eigenvalue weighted by atomic mass is 10.1. The first-order chi connectivity index (χ1) is 10.2. The van der Waals surface area contributed by atoms with Gasteiger partial charge in [-0.15, -0.1) is 0 Å². The minimum absolute atomic E-state index is 0.294. The molecule has 2 aromatic carbocycles. The molecule has 0 bridgehead atoms. The summed E-state index contributed by atoms with van der Waals surface area (Å²) in [5, 5.41) is 0.631. The van der Waals surface area contributed by atoms with Gasteiger partial charge in [-0.2, -0.15) is 0 Å². The predicted molar refractivity (Wildman–Crippen MR) is 83.8 cm³/mol. The highest BCUT2D eigenvalue weighted by atomic mass is 35.5. The Morgan fingerprint density at radius 2 is 1.71 bits per heavy atom. The van der Waals surface area contributed by atoms with Crippen LogP contribution in [0.5, 0.6) is 0 Å². The van der Waals surface area contributed by atoms with E-state index in [1.807, 2.05) is 48.5 Å². The molecule has 0 spiro atoms. The summed E-state index contributed by atoms with van der Waals surface area (Å²) in [5.74, 6) is 0.233. The molecule has 0 unspecified atom stereocenters. The molecule has 0 atom stereocenters. The molecule has 0 aromatic heterocycles. The quantitative estimate of drug-likeness (QED) is 0.784. The van der Waals surface area contributed by atoms with Crippen molar-refractivity contribution in [2.24, 2.45) is 0 Å². The molecule has 21 heavy (non-hydrogen) atoms. The number of benzene rings is 2. The minimum Gasteiger partial charge on any atom is -0.423 e. The molecule has 1 aliphatic rings. The Labute approximate surface area is 128 Å². The molecule has 1 heterocycles. The van der Waals surface area contributed by atoms with Crippen LogP contribution in [0.3, 0.4) is 0 Å². The fourth-order valence-corrected chi connectivity index (χ4v) is 2.38. The van der Waals surface area contributed by atoms with Crippen molar-refractivity contribution in [3.63, 3.8) is 0 Å². The molecule has 2 aromatic rings. The third-order valence-corrected chi connectivity index (χ3v) is 3.57. The van der Waals surface area contributed by atoms with E-state index in [-0.39, 0.29) is 5.97 Å². The SMILES string of the molecule is O=C1O/C(=C\c2ccccc2Cl)C=C1Cc1ccccc1. The summed E-state index contributed by atoms with van der Waals surface area (Å²) in [4.78, 5) is 11.9. The molecule has 0 aliphatic carbocycles. The fraction of sp³-hybridized carbons (Fsp3) is 0.0556. The Kier molecular flexibility index (Phi) is 3.89. The van der Waals surface area contributed by atoms with Gasteiger partial charge in [-0.1, -0.05) is 60.1 Å². The number of hydrogen-bond donors (Lipinski definition) is 0. The second-order valence-corrected chi connectivity index (χ2v) is 5.20. The molecule has 0 fully saturated rings. The van der Waals surface area contributed by atoms with E-state index in [2.05, 4.69) is 0 Å². The van der Waals surface area contributed by atoms with Crippen LogP contribution in [0.2, 0.25) is 5.02 Å². The van der Waals surface area contributed by atoms with E-state index in [1.54, 1.807) is 18.2 Å². The van der Waals surface area contributed by atoms with Gasteiger partial charge >= 0.3 is 5.97 Å². The molecule has 1 aliphatic heterocycles. The van der Waals surface area contributed by atoms with Crippen molar-refractivity contribution in [2.45, 2.75) is 6.42 Å². The zero-order valence-corrected chi connectivity index (χ0v) is 12.0. The van der Waals surface area contributed by atoms with Crippen LogP contribution < -0.4 is 0 Å². The maximum Gasteiger partial charge on any atom is 0.339 e. The number of allylic oxidation sites excluding steroid dienone is 1. The molecular formula is C18H13ClO2. The molecule has 2 nitrogen and oxygen atoms in total. The van der Waals surface area contributed by atoms with Crippen molar-refractivity contribution < 1.29 is 9.53 Å². The number of esters is 1. The zero-order valence-electron chi connectivity index (χ0n) is 11.3. The summed E-state index contributed by atoms with van der Waals surface area (Å²) >= 11 is 6.10. The van der Waals surface area contributed by atoms with Crippen molar-refractivity contribution in [1.29, 1.82) is 0 Å². The highest BCUT2D eigenvalue weighted by molar-refractivity contribution is 6.32. The molecule has 0 N–H and O–H groups in total. The Morgan fingerprint density at radius 3 is 2.48 bits per heavy atom. The second kappa shape index (κ2) is 5.98. The largest absolute Gasteiger partial charge is 0.423 e. The number of carbonyl (C=O) groups is 1. The van der Waals surface area contributed by atoms with Crippen LogP contribution in [0.15, 0.2) is 72.0 Å². The van der Waals surface area contributed by atoms with Gasteiger partial charge in [0.15, 0.2) is 0 Å². The molecule has 0 amide bonds. The molecule has 0 saturated heterocycles. The normalized spacial score (nSPS) is 16.0. The van der Waals surface area contributed by atoms with Crippen molar-refractivity contribution >= 4 is 23.6 Å². The lowest BCUT2D eigenvalue weighted by molar-refractivity contribution is -0.133. The lowest BCUT2D eigenvalue weighted by Gasteiger charge is -2.00. The monoisotopic (exact) mass is 296 g/mol. The number of ether oxygens (including phenoxy) is 1. The van der Waals surface area contributed by atoms with Crippen LogP contribution in [-0.4, -0.2) is 5.97 Å². The number of halogens is 1. The summed E-state index contributed by atoms with van der Waals surface area (Å²) < 4.78 is 5.28. The highest BCUT2D eigenvalue weighted by Gasteiger charge is 2.21. The second-order valence-electron chi connectivity index (χ2n) is 4.79. The van der Waals surface area contributed by atoms with Crippen LogP contribution in [0, 0.1) is 0 Å². The van der Waals surface area contributed by atoms with Gasteiger partial charge in [0, 0.05) is 17.0 Å². The molecule has 3 heteroatoms. The third kappa shape index (κ3) is 3.23.